The van der Waals surface area contributed by atoms with Crippen LogP contribution in [0.4, 0.5) is 0 Å². The van der Waals surface area contributed by atoms with Gasteiger partial charge in [-0.15, -0.1) is 0 Å². The minimum Gasteiger partial charge on any atom is -0.286 e. The molecule has 9 rings (SSSR count). The maximum atomic E-state index is 4.26. The van der Waals surface area contributed by atoms with E-state index in [1.165, 1.54) is 103 Å². The minimum absolute atomic E-state index is 0. The lowest BCUT2D eigenvalue weighted by molar-refractivity contribution is 0.167. The number of hydrogen-bond donors (Lipinski definition) is 8. The molecule has 0 aromatic carbocycles. The van der Waals surface area contributed by atoms with Crippen LogP contribution < -0.4 is 42.5 Å². The molecular formula is C32H60N8Si. The molecule has 4 aliphatic carbocycles. The zero-order valence-corrected chi connectivity index (χ0v) is 24.6. The molecule has 5 saturated heterocycles. The Balaban J connectivity index is 0.00000256. The van der Waals surface area contributed by atoms with Gasteiger partial charge in [-0.1, -0.05) is 51.4 Å². The van der Waals surface area contributed by atoms with E-state index in [-0.39, 0.29) is 11.0 Å². The molecule has 4 saturated carbocycles. The van der Waals surface area contributed by atoms with Gasteiger partial charge in [-0.2, -0.15) is 0 Å². The van der Waals surface area contributed by atoms with E-state index in [2.05, 4.69) is 42.5 Å². The van der Waals surface area contributed by atoms with E-state index >= 15 is 0 Å². The van der Waals surface area contributed by atoms with Crippen molar-refractivity contribution in [2.24, 2.45) is 47.3 Å². The Kier molecular flexibility index (Phi) is 8.08. The Hall–Kier alpha value is -0.103. The maximum absolute atomic E-state index is 4.26. The first-order valence-electron chi connectivity index (χ1n) is 17.9. The Bertz CT molecular complexity index is 716. The predicted octanol–water partition coefficient (Wildman–Crippen LogP) is 1.15. The van der Waals surface area contributed by atoms with Crippen molar-refractivity contribution < 1.29 is 0 Å². The number of nitrogens with one attached hydrogen (secondary N) is 8. The fraction of sp³-hybridized carbons (Fsp3) is 1.00. The van der Waals surface area contributed by atoms with Crippen molar-refractivity contribution in [2.75, 3.05) is 0 Å². The van der Waals surface area contributed by atoms with Gasteiger partial charge in [0.25, 0.3) is 0 Å². The van der Waals surface area contributed by atoms with Gasteiger partial charge in [0.1, 0.15) is 0 Å². The summed E-state index contributed by atoms with van der Waals surface area (Å²) in [6, 6.07) is 0. The van der Waals surface area contributed by atoms with Crippen LogP contribution in [-0.2, 0) is 0 Å². The molecule has 0 aromatic rings. The molecule has 41 heavy (non-hydrogen) atoms. The normalized spacial score (nSPS) is 56.2. The molecule has 8 N–H and O–H groups in total. The van der Waals surface area contributed by atoms with Crippen LogP contribution in [0.15, 0.2) is 0 Å². The van der Waals surface area contributed by atoms with E-state index in [1.807, 2.05) is 0 Å². The monoisotopic (exact) mass is 584 g/mol. The summed E-state index contributed by atoms with van der Waals surface area (Å²) in [4.78, 5) is 0. The number of rotatable bonds is 0. The highest BCUT2D eigenvalue weighted by Crippen LogP contribution is 2.45. The second-order valence-corrected chi connectivity index (χ2v) is 15.6. The van der Waals surface area contributed by atoms with Gasteiger partial charge in [0, 0.05) is 0 Å². The van der Waals surface area contributed by atoms with E-state index in [9.17, 15) is 0 Å². The van der Waals surface area contributed by atoms with Crippen LogP contribution in [0.2, 0.25) is 0 Å². The molecule has 8 unspecified atom stereocenters. The Morgan fingerprint density at radius 3 is 0.463 bits per heavy atom. The van der Waals surface area contributed by atoms with Crippen molar-refractivity contribution in [1.29, 1.82) is 0 Å². The highest BCUT2D eigenvalue weighted by molar-refractivity contribution is 5.75. The van der Waals surface area contributed by atoms with Crippen LogP contribution in [0.25, 0.3) is 0 Å². The SMILES string of the molecule is C1CCC2C3NC(NC4NC(NC5NC(NC6NC(N3)C3CCCCC63)C3CCCCC53)C3CCCCC43)C2C1.[SiH4]. The fourth-order valence-corrected chi connectivity index (χ4v) is 12.0. The summed E-state index contributed by atoms with van der Waals surface area (Å²) in [6.45, 7) is 0. The lowest BCUT2D eigenvalue weighted by atomic mass is 9.76. The summed E-state index contributed by atoms with van der Waals surface area (Å²) in [7, 11) is 0. The molecule has 5 aliphatic heterocycles. The molecule has 9 aliphatic rings. The molecule has 0 spiro atoms. The molecule has 9 heteroatoms. The van der Waals surface area contributed by atoms with Crippen LogP contribution in [0, 0.1) is 47.3 Å². The standard InChI is InChI=1S/C32H56N8.H4Si/c1-2-10-18-17(9-1)25-33-26(18)38-28-21-13-5-6-14-22(21)30(35-28)40-32-24-16-8-7-15-23(24)31(36-32)39-29-20-12-4-3-11-19(20)27(34-29)37-25;/h17-40H,1-16H2;1H4. The van der Waals surface area contributed by atoms with Crippen molar-refractivity contribution >= 4 is 11.0 Å². The Morgan fingerprint density at radius 1 is 0.220 bits per heavy atom. The van der Waals surface area contributed by atoms with Crippen LogP contribution >= 0.6 is 0 Å². The first-order chi connectivity index (χ1) is 19.8. The Labute approximate surface area is 252 Å². The molecule has 0 radical (unpaired) electrons. The van der Waals surface area contributed by atoms with E-state index in [0.717, 1.165) is 47.3 Å². The molecule has 0 aromatic heterocycles. The molecule has 8 nitrogen and oxygen atoms in total. The summed E-state index contributed by atoms with van der Waals surface area (Å²) < 4.78 is 0. The van der Waals surface area contributed by atoms with E-state index in [4.69, 9.17) is 0 Å². The van der Waals surface area contributed by atoms with Gasteiger partial charge in [-0.25, -0.2) is 0 Å². The van der Waals surface area contributed by atoms with Crippen molar-refractivity contribution in [2.45, 2.75) is 152 Å². The zero-order chi connectivity index (χ0) is 26.2. The van der Waals surface area contributed by atoms with Gasteiger partial charge in [-0.3, -0.25) is 42.5 Å². The summed E-state index contributed by atoms with van der Waals surface area (Å²) >= 11 is 0. The third-order valence-corrected chi connectivity index (χ3v) is 13.8. The fourth-order valence-electron chi connectivity index (χ4n) is 12.0. The molecule has 0 amide bonds. The van der Waals surface area contributed by atoms with Gasteiger partial charge in [0.2, 0.25) is 0 Å². The highest BCUT2D eigenvalue weighted by Gasteiger charge is 2.54. The molecule has 232 valence electrons. The molecule has 5 heterocycles. The van der Waals surface area contributed by atoms with Gasteiger partial charge in [-0.05, 0) is 110 Å². The average Bonchev–Trinajstić information content (AvgIpc) is 3.73. The first kappa shape index (κ1) is 28.4. The molecular weight excluding hydrogens is 524 g/mol. The van der Waals surface area contributed by atoms with Crippen LogP contribution in [0.1, 0.15) is 103 Å². The van der Waals surface area contributed by atoms with Crippen molar-refractivity contribution in [3.63, 3.8) is 0 Å². The molecule has 8 bridgehead atoms. The highest BCUT2D eigenvalue weighted by atomic mass is 28.1. The third kappa shape index (κ3) is 4.92. The topological polar surface area (TPSA) is 96.2 Å². The molecule has 9 fully saturated rings. The lowest BCUT2D eigenvalue weighted by Gasteiger charge is -2.35. The average molecular weight is 585 g/mol. The largest absolute Gasteiger partial charge is 0.286 e. The quantitative estimate of drug-likeness (QED) is 0.201. The van der Waals surface area contributed by atoms with Crippen molar-refractivity contribution in [3.05, 3.63) is 0 Å². The zero-order valence-electron chi connectivity index (χ0n) is 24.6. The summed E-state index contributed by atoms with van der Waals surface area (Å²) in [6.07, 6.45) is 25.6. The maximum Gasteiger partial charge on any atom is 0.0628 e. The summed E-state index contributed by atoms with van der Waals surface area (Å²) in [5.41, 5.74) is 0. The van der Waals surface area contributed by atoms with E-state index in [1.54, 1.807) is 0 Å². The van der Waals surface area contributed by atoms with Gasteiger partial charge < -0.3 is 0 Å². The lowest BCUT2D eigenvalue weighted by Crippen LogP contribution is -2.61. The Morgan fingerprint density at radius 2 is 0.341 bits per heavy atom. The van der Waals surface area contributed by atoms with Gasteiger partial charge in [0.15, 0.2) is 0 Å². The summed E-state index contributed by atoms with van der Waals surface area (Å²) in [5, 5.41) is 33.8. The van der Waals surface area contributed by atoms with Gasteiger partial charge in [0.05, 0.1) is 49.3 Å². The van der Waals surface area contributed by atoms with Crippen LogP contribution in [-0.4, -0.2) is 60.3 Å². The van der Waals surface area contributed by atoms with Gasteiger partial charge >= 0.3 is 0 Å². The first-order valence-corrected chi connectivity index (χ1v) is 17.9. The second-order valence-electron chi connectivity index (χ2n) is 15.6. The van der Waals surface area contributed by atoms with E-state index < -0.39 is 0 Å². The third-order valence-electron chi connectivity index (χ3n) is 13.8. The second kappa shape index (κ2) is 11.7. The van der Waals surface area contributed by atoms with E-state index in [0.29, 0.717) is 49.3 Å². The predicted molar refractivity (Wildman–Crippen MR) is 169 cm³/mol. The number of hydrogen-bond acceptors (Lipinski definition) is 8. The van der Waals surface area contributed by atoms with Crippen LogP contribution in [0.5, 0.6) is 0 Å². The molecule has 8 atom stereocenters. The van der Waals surface area contributed by atoms with Crippen molar-refractivity contribution in [3.8, 4) is 0 Å². The van der Waals surface area contributed by atoms with Crippen LogP contribution in [0.3, 0.4) is 0 Å². The summed E-state index contributed by atoms with van der Waals surface area (Å²) in [5.74, 6) is 5.97. The number of fused-ring (bicyclic) bond motifs is 20. The van der Waals surface area contributed by atoms with Crippen molar-refractivity contribution in [1.82, 2.24) is 42.5 Å². The smallest absolute Gasteiger partial charge is 0.0628 e. The minimum atomic E-state index is 0.